The maximum Gasteiger partial charge on any atom is 0.244 e. The van der Waals surface area contributed by atoms with Crippen molar-refractivity contribution in [3.8, 4) is 0 Å². The van der Waals surface area contributed by atoms with Crippen LogP contribution in [0.5, 0.6) is 0 Å². The molecule has 158 valence electrons. The van der Waals surface area contributed by atoms with Crippen molar-refractivity contribution in [2.24, 2.45) is 0 Å². The fraction of sp³-hybridized carbons (Fsp3) is 0.125. The summed E-state index contributed by atoms with van der Waals surface area (Å²) < 4.78 is 41.4. The van der Waals surface area contributed by atoms with Crippen LogP contribution in [-0.4, -0.2) is 18.9 Å². The zero-order valence-corrected chi connectivity index (χ0v) is 17.7. The SMILES string of the molecule is Cc1ccc(NC(=O)Cn2cc(S(=O)(=O)Cc3cccc(F)c3)c3ccccc32)cc1. The number of halogens is 1. The summed E-state index contributed by atoms with van der Waals surface area (Å²) >= 11 is 0. The summed E-state index contributed by atoms with van der Waals surface area (Å²) in [5, 5.41) is 3.36. The van der Waals surface area contributed by atoms with Crippen LogP contribution in [-0.2, 0) is 26.9 Å². The highest BCUT2D eigenvalue weighted by Crippen LogP contribution is 2.28. The maximum atomic E-state index is 13.5. The average Bonchev–Trinajstić information content (AvgIpc) is 3.09. The monoisotopic (exact) mass is 436 g/mol. The van der Waals surface area contributed by atoms with E-state index in [9.17, 15) is 17.6 Å². The van der Waals surface area contributed by atoms with Gasteiger partial charge in [-0.05, 0) is 42.8 Å². The van der Waals surface area contributed by atoms with Crippen LogP contribution in [0, 0.1) is 12.7 Å². The van der Waals surface area contributed by atoms with Gasteiger partial charge in [0.25, 0.3) is 0 Å². The number of amides is 1. The maximum absolute atomic E-state index is 13.5. The van der Waals surface area contributed by atoms with Gasteiger partial charge in [-0.2, -0.15) is 0 Å². The van der Waals surface area contributed by atoms with Crippen molar-refractivity contribution >= 4 is 32.3 Å². The van der Waals surface area contributed by atoms with Crippen LogP contribution in [0.3, 0.4) is 0 Å². The van der Waals surface area contributed by atoms with Gasteiger partial charge in [0.05, 0.1) is 10.6 Å². The number of rotatable bonds is 6. The summed E-state index contributed by atoms with van der Waals surface area (Å²) in [5.74, 6) is -1.07. The van der Waals surface area contributed by atoms with Crippen molar-refractivity contribution in [3.63, 3.8) is 0 Å². The number of anilines is 1. The van der Waals surface area contributed by atoms with Gasteiger partial charge in [-0.3, -0.25) is 4.79 Å². The van der Waals surface area contributed by atoms with Crippen molar-refractivity contribution in [2.45, 2.75) is 24.1 Å². The molecule has 3 aromatic carbocycles. The number of aromatic nitrogens is 1. The van der Waals surface area contributed by atoms with Gasteiger partial charge in [-0.25, -0.2) is 12.8 Å². The number of nitrogens with one attached hydrogen (secondary N) is 1. The first kappa shape index (κ1) is 20.8. The second kappa shape index (κ2) is 8.35. The number of nitrogens with zero attached hydrogens (tertiary/aromatic N) is 1. The van der Waals surface area contributed by atoms with Crippen LogP contribution in [0.15, 0.2) is 83.9 Å². The molecule has 0 bridgehead atoms. The Morgan fingerprint density at radius 3 is 2.48 bits per heavy atom. The first-order valence-electron chi connectivity index (χ1n) is 9.73. The van der Waals surface area contributed by atoms with E-state index >= 15 is 0 Å². The predicted molar refractivity (Wildman–Crippen MR) is 119 cm³/mol. The standard InChI is InChI=1S/C24H21FN2O3S/c1-17-9-11-20(12-10-17)26-24(28)15-27-14-23(21-7-2-3-8-22(21)27)31(29,30)16-18-5-4-6-19(25)13-18/h2-14H,15-16H2,1H3,(H,26,28). The van der Waals surface area contributed by atoms with Crippen LogP contribution in [0.4, 0.5) is 10.1 Å². The zero-order valence-electron chi connectivity index (χ0n) is 16.9. The molecule has 0 saturated heterocycles. The number of hydrogen-bond acceptors (Lipinski definition) is 3. The molecule has 0 aliphatic rings. The first-order chi connectivity index (χ1) is 14.8. The van der Waals surface area contributed by atoms with E-state index in [1.807, 2.05) is 31.2 Å². The van der Waals surface area contributed by atoms with E-state index < -0.39 is 15.7 Å². The Balaban J connectivity index is 1.64. The Morgan fingerprint density at radius 2 is 1.74 bits per heavy atom. The number of carbonyl (C=O) groups excluding carboxylic acids is 1. The summed E-state index contributed by atoms with van der Waals surface area (Å²) in [6.45, 7) is 1.92. The topological polar surface area (TPSA) is 68.2 Å². The van der Waals surface area contributed by atoms with Gasteiger partial charge in [0.1, 0.15) is 12.4 Å². The van der Waals surface area contributed by atoms with Crippen molar-refractivity contribution in [2.75, 3.05) is 5.32 Å². The Kier molecular flexibility index (Phi) is 5.61. The Morgan fingerprint density at radius 1 is 1.00 bits per heavy atom. The lowest BCUT2D eigenvalue weighted by Crippen LogP contribution is -2.18. The normalized spacial score (nSPS) is 11.5. The average molecular weight is 437 g/mol. The van der Waals surface area contributed by atoms with Gasteiger partial charge in [0.15, 0.2) is 9.84 Å². The Bertz CT molecular complexity index is 1360. The molecule has 0 fully saturated rings. The van der Waals surface area contributed by atoms with E-state index in [0.29, 0.717) is 22.2 Å². The van der Waals surface area contributed by atoms with Crippen molar-refractivity contribution in [1.82, 2.24) is 4.57 Å². The molecule has 0 spiro atoms. The van der Waals surface area contributed by atoms with Crippen LogP contribution < -0.4 is 5.32 Å². The summed E-state index contributed by atoms with van der Waals surface area (Å²) in [5.41, 5.74) is 2.77. The molecule has 1 N–H and O–H groups in total. The zero-order chi connectivity index (χ0) is 22.0. The fourth-order valence-electron chi connectivity index (χ4n) is 3.51. The molecule has 7 heteroatoms. The van der Waals surface area contributed by atoms with Gasteiger partial charge in [-0.15, -0.1) is 0 Å². The molecule has 4 aromatic rings. The van der Waals surface area contributed by atoms with E-state index in [-0.39, 0.29) is 23.1 Å². The van der Waals surface area contributed by atoms with E-state index in [2.05, 4.69) is 5.32 Å². The summed E-state index contributed by atoms with van der Waals surface area (Å²) in [6, 6.07) is 20.0. The third-order valence-corrected chi connectivity index (χ3v) is 6.69. The lowest BCUT2D eigenvalue weighted by Gasteiger charge is -2.07. The molecule has 1 heterocycles. The number of hydrogen-bond donors (Lipinski definition) is 1. The van der Waals surface area contributed by atoms with Gasteiger partial charge in [-0.1, -0.05) is 48.0 Å². The van der Waals surface area contributed by atoms with Gasteiger partial charge >= 0.3 is 0 Å². The van der Waals surface area contributed by atoms with Crippen molar-refractivity contribution in [1.29, 1.82) is 0 Å². The third-order valence-electron chi connectivity index (χ3n) is 4.98. The minimum Gasteiger partial charge on any atom is -0.337 e. The molecular formula is C24H21FN2O3S. The lowest BCUT2D eigenvalue weighted by atomic mass is 10.2. The molecule has 0 unspecified atom stereocenters. The van der Waals surface area contributed by atoms with Gasteiger partial charge in [0.2, 0.25) is 5.91 Å². The van der Waals surface area contributed by atoms with Crippen LogP contribution in [0.1, 0.15) is 11.1 Å². The number of para-hydroxylation sites is 1. The van der Waals surface area contributed by atoms with Crippen molar-refractivity contribution in [3.05, 3.63) is 95.9 Å². The molecule has 1 amide bonds. The molecule has 0 atom stereocenters. The summed E-state index contributed by atoms with van der Waals surface area (Å²) in [7, 11) is -3.75. The highest BCUT2D eigenvalue weighted by molar-refractivity contribution is 7.90. The second-order valence-corrected chi connectivity index (χ2v) is 9.40. The van der Waals surface area contributed by atoms with Crippen LogP contribution >= 0.6 is 0 Å². The van der Waals surface area contributed by atoms with E-state index in [0.717, 1.165) is 5.56 Å². The second-order valence-electron chi connectivity index (χ2n) is 7.44. The summed E-state index contributed by atoms with van der Waals surface area (Å²) in [4.78, 5) is 12.7. The van der Waals surface area contributed by atoms with Crippen LogP contribution in [0.2, 0.25) is 0 Å². The largest absolute Gasteiger partial charge is 0.337 e. The minimum atomic E-state index is -3.75. The summed E-state index contributed by atoms with van der Waals surface area (Å²) in [6.07, 6.45) is 1.48. The molecule has 4 rings (SSSR count). The highest BCUT2D eigenvalue weighted by atomic mass is 32.2. The minimum absolute atomic E-state index is 0.0378. The van der Waals surface area contributed by atoms with Gasteiger partial charge < -0.3 is 9.88 Å². The molecule has 0 saturated carbocycles. The molecular weight excluding hydrogens is 415 g/mol. The predicted octanol–water partition coefficient (Wildman–Crippen LogP) is 4.70. The van der Waals surface area contributed by atoms with E-state index in [1.165, 1.54) is 24.4 Å². The molecule has 0 radical (unpaired) electrons. The highest BCUT2D eigenvalue weighted by Gasteiger charge is 2.22. The molecule has 0 aliphatic carbocycles. The molecule has 5 nitrogen and oxygen atoms in total. The number of aryl methyl sites for hydroxylation is 1. The number of sulfone groups is 1. The fourth-order valence-corrected chi connectivity index (χ4v) is 5.08. The third kappa shape index (κ3) is 4.67. The molecule has 0 aliphatic heterocycles. The van der Waals surface area contributed by atoms with E-state index in [4.69, 9.17) is 0 Å². The van der Waals surface area contributed by atoms with Crippen molar-refractivity contribution < 1.29 is 17.6 Å². The lowest BCUT2D eigenvalue weighted by molar-refractivity contribution is -0.116. The van der Waals surface area contributed by atoms with E-state index in [1.54, 1.807) is 34.9 Å². The Labute approximate surface area is 180 Å². The number of carbonyl (C=O) groups is 1. The first-order valence-corrected chi connectivity index (χ1v) is 11.4. The Hall–Kier alpha value is -3.45. The number of fused-ring (bicyclic) bond motifs is 1. The molecule has 1 aromatic heterocycles. The number of benzene rings is 3. The van der Waals surface area contributed by atoms with Crippen LogP contribution in [0.25, 0.3) is 10.9 Å². The quantitative estimate of drug-likeness (QED) is 0.476. The van der Waals surface area contributed by atoms with Gasteiger partial charge in [0, 0.05) is 22.8 Å². The molecule has 31 heavy (non-hydrogen) atoms. The smallest absolute Gasteiger partial charge is 0.244 e.